The highest BCUT2D eigenvalue weighted by Crippen LogP contribution is 2.31. The summed E-state index contributed by atoms with van der Waals surface area (Å²) in [5.41, 5.74) is 6.25. The van der Waals surface area contributed by atoms with Gasteiger partial charge in [0.25, 0.3) is 0 Å². The zero-order valence-electron chi connectivity index (χ0n) is 9.97. The van der Waals surface area contributed by atoms with Gasteiger partial charge >= 0.3 is 5.97 Å². The number of carbonyl (C=O) groups is 1. The van der Waals surface area contributed by atoms with Crippen molar-refractivity contribution in [1.29, 1.82) is 0 Å². The van der Waals surface area contributed by atoms with Crippen LogP contribution in [0.25, 0.3) is 0 Å². The monoisotopic (exact) mass is 239 g/mol. The predicted octanol–water partition coefficient (Wildman–Crippen LogP) is 1.05. The van der Waals surface area contributed by atoms with Gasteiger partial charge in [0, 0.05) is 12.0 Å². The van der Waals surface area contributed by atoms with Gasteiger partial charge in [-0.25, -0.2) is 0 Å². The molecular formula is C12H17NO4. The Labute approximate surface area is 100 Å². The van der Waals surface area contributed by atoms with Crippen LogP contribution in [0.2, 0.25) is 0 Å². The molecule has 0 saturated heterocycles. The summed E-state index contributed by atoms with van der Waals surface area (Å²) in [5.74, 6) is 0.117. The Morgan fingerprint density at radius 3 is 2.76 bits per heavy atom. The number of benzene rings is 1. The Kier molecular flexibility index (Phi) is 4.78. The summed E-state index contributed by atoms with van der Waals surface area (Å²) in [5, 5.41) is 8.79. The van der Waals surface area contributed by atoms with E-state index in [4.69, 9.17) is 20.3 Å². The molecule has 0 radical (unpaired) electrons. The van der Waals surface area contributed by atoms with Crippen LogP contribution in [0.15, 0.2) is 18.2 Å². The molecule has 0 aliphatic heterocycles. The molecular weight excluding hydrogens is 222 g/mol. The summed E-state index contributed by atoms with van der Waals surface area (Å²) in [7, 11) is 1.54. The molecule has 5 nitrogen and oxygen atoms in total. The first-order chi connectivity index (χ1) is 8.10. The highest BCUT2D eigenvalue weighted by atomic mass is 16.5. The first-order valence-corrected chi connectivity index (χ1v) is 5.37. The maximum absolute atomic E-state index is 10.7. The minimum Gasteiger partial charge on any atom is -0.493 e. The zero-order chi connectivity index (χ0) is 12.8. The lowest BCUT2D eigenvalue weighted by molar-refractivity contribution is -0.138. The molecule has 0 spiro atoms. The van der Waals surface area contributed by atoms with Crippen molar-refractivity contribution in [1.82, 2.24) is 0 Å². The van der Waals surface area contributed by atoms with Crippen LogP contribution in [0.4, 0.5) is 0 Å². The van der Waals surface area contributed by atoms with Crippen molar-refractivity contribution in [3.05, 3.63) is 23.8 Å². The molecule has 0 aromatic heterocycles. The third-order valence-electron chi connectivity index (χ3n) is 2.33. The van der Waals surface area contributed by atoms with Crippen LogP contribution < -0.4 is 15.2 Å². The Bertz CT molecular complexity index is 392. The van der Waals surface area contributed by atoms with Gasteiger partial charge in [-0.05, 0) is 13.0 Å². The molecule has 5 heteroatoms. The van der Waals surface area contributed by atoms with Crippen LogP contribution in [0.1, 0.15) is 12.5 Å². The molecule has 1 rings (SSSR count). The quantitative estimate of drug-likeness (QED) is 0.775. The van der Waals surface area contributed by atoms with Crippen LogP contribution >= 0.6 is 0 Å². The average Bonchev–Trinajstić information content (AvgIpc) is 2.31. The fourth-order valence-electron chi connectivity index (χ4n) is 1.52. The topological polar surface area (TPSA) is 81.8 Å². The number of nitrogens with two attached hydrogens (primary N) is 1. The van der Waals surface area contributed by atoms with E-state index in [0.29, 0.717) is 18.1 Å². The maximum atomic E-state index is 10.7. The normalized spacial score (nSPS) is 11.9. The summed E-state index contributed by atoms with van der Waals surface area (Å²) in [4.78, 5) is 10.7. The number of hydrogen-bond donors (Lipinski definition) is 2. The SMILES string of the molecule is CCOc1c(CC(N)C(=O)O)cccc1OC. The van der Waals surface area contributed by atoms with Crippen LogP contribution in [-0.4, -0.2) is 30.8 Å². The predicted molar refractivity (Wildman–Crippen MR) is 63.5 cm³/mol. The van der Waals surface area contributed by atoms with Gasteiger partial charge in [0.2, 0.25) is 0 Å². The number of carboxylic acids is 1. The molecule has 0 aliphatic rings. The molecule has 3 N–H and O–H groups in total. The van der Waals surface area contributed by atoms with E-state index in [1.807, 2.05) is 6.92 Å². The fourth-order valence-corrected chi connectivity index (χ4v) is 1.52. The summed E-state index contributed by atoms with van der Waals surface area (Å²) in [6, 6.07) is 4.39. The molecule has 0 saturated carbocycles. The second-order valence-corrected chi connectivity index (χ2v) is 3.53. The van der Waals surface area contributed by atoms with Gasteiger partial charge in [0.15, 0.2) is 11.5 Å². The Morgan fingerprint density at radius 2 is 2.24 bits per heavy atom. The summed E-state index contributed by atoms with van der Waals surface area (Å²) in [6.07, 6.45) is 0.210. The highest BCUT2D eigenvalue weighted by molar-refractivity contribution is 5.73. The standard InChI is InChI=1S/C12H17NO4/c1-3-17-11-8(7-9(13)12(14)15)5-4-6-10(11)16-2/h4-6,9H,3,7,13H2,1-2H3,(H,14,15). The largest absolute Gasteiger partial charge is 0.493 e. The maximum Gasteiger partial charge on any atom is 0.320 e. The zero-order valence-corrected chi connectivity index (χ0v) is 9.97. The molecule has 0 aliphatic carbocycles. The first kappa shape index (κ1) is 13.3. The molecule has 0 fully saturated rings. The number of aliphatic carboxylic acids is 1. The molecule has 1 aromatic carbocycles. The van der Waals surface area contributed by atoms with Gasteiger partial charge in [-0.1, -0.05) is 12.1 Å². The highest BCUT2D eigenvalue weighted by Gasteiger charge is 2.17. The lowest BCUT2D eigenvalue weighted by Gasteiger charge is -2.15. The van der Waals surface area contributed by atoms with E-state index < -0.39 is 12.0 Å². The summed E-state index contributed by atoms with van der Waals surface area (Å²) >= 11 is 0. The minimum atomic E-state index is -1.03. The summed E-state index contributed by atoms with van der Waals surface area (Å²) < 4.78 is 10.6. The van der Waals surface area contributed by atoms with Crippen LogP contribution in [-0.2, 0) is 11.2 Å². The molecule has 1 atom stereocenters. The van der Waals surface area contributed by atoms with Crippen molar-refractivity contribution < 1.29 is 19.4 Å². The number of ether oxygens (including phenoxy) is 2. The van der Waals surface area contributed by atoms with Crippen molar-refractivity contribution in [2.45, 2.75) is 19.4 Å². The molecule has 1 unspecified atom stereocenters. The van der Waals surface area contributed by atoms with Crippen LogP contribution in [0.3, 0.4) is 0 Å². The van der Waals surface area contributed by atoms with Gasteiger partial charge in [-0.2, -0.15) is 0 Å². The van der Waals surface area contributed by atoms with Crippen molar-refractivity contribution >= 4 is 5.97 Å². The number of methoxy groups -OCH3 is 1. The number of para-hydroxylation sites is 1. The fraction of sp³-hybridized carbons (Fsp3) is 0.417. The van der Waals surface area contributed by atoms with Crippen LogP contribution in [0, 0.1) is 0 Å². The second kappa shape index (κ2) is 6.10. The third kappa shape index (κ3) is 3.35. The van der Waals surface area contributed by atoms with E-state index in [1.165, 1.54) is 0 Å². The molecule has 94 valence electrons. The van der Waals surface area contributed by atoms with Crippen molar-refractivity contribution in [2.24, 2.45) is 5.73 Å². The van der Waals surface area contributed by atoms with Crippen molar-refractivity contribution in [3.8, 4) is 11.5 Å². The molecule has 0 bridgehead atoms. The van der Waals surface area contributed by atoms with E-state index in [9.17, 15) is 4.79 Å². The van der Waals surface area contributed by atoms with Gasteiger partial charge in [0.1, 0.15) is 6.04 Å². The Morgan fingerprint density at radius 1 is 1.53 bits per heavy atom. The van der Waals surface area contributed by atoms with Crippen molar-refractivity contribution in [2.75, 3.05) is 13.7 Å². The van der Waals surface area contributed by atoms with E-state index in [2.05, 4.69) is 0 Å². The summed E-state index contributed by atoms with van der Waals surface area (Å²) in [6.45, 7) is 2.34. The molecule has 0 heterocycles. The van der Waals surface area contributed by atoms with E-state index in [0.717, 1.165) is 5.56 Å². The van der Waals surface area contributed by atoms with Gasteiger partial charge in [-0.3, -0.25) is 4.79 Å². The van der Waals surface area contributed by atoms with E-state index in [1.54, 1.807) is 25.3 Å². The van der Waals surface area contributed by atoms with E-state index in [-0.39, 0.29) is 6.42 Å². The lowest BCUT2D eigenvalue weighted by atomic mass is 10.1. The van der Waals surface area contributed by atoms with Gasteiger partial charge in [-0.15, -0.1) is 0 Å². The lowest BCUT2D eigenvalue weighted by Crippen LogP contribution is -2.32. The molecule has 1 aromatic rings. The Hall–Kier alpha value is -1.75. The number of carboxylic acid groups (broad SMARTS) is 1. The smallest absolute Gasteiger partial charge is 0.320 e. The number of hydrogen-bond acceptors (Lipinski definition) is 4. The Balaban J connectivity index is 3.00. The van der Waals surface area contributed by atoms with E-state index >= 15 is 0 Å². The first-order valence-electron chi connectivity index (χ1n) is 5.37. The number of rotatable bonds is 6. The second-order valence-electron chi connectivity index (χ2n) is 3.53. The van der Waals surface area contributed by atoms with Gasteiger partial charge < -0.3 is 20.3 Å². The minimum absolute atomic E-state index is 0.210. The van der Waals surface area contributed by atoms with Gasteiger partial charge in [0.05, 0.1) is 13.7 Å². The van der Waals surface area contributed by atoms with Crippen LogP contribution in [0.5, 0.6) is 11.5 Å². The molecule has 17 heavy (non-hydrogen) atoms. The average molecular weight is 239 g/mol. The molecule has 0 amide bonds. The van der Waals surface area contributed by atoms with Crippen molar-refractivity contribution in [3.63, 3.8) is 0 Å². The third-order valence-corrected chi connectivity index (χ3v) is 2.33.